The number of nitrogens with zero attached hydrogens (tertiary/aromatic N) is 4. The van der Waals surface area contributed by atoms with Crippen molar-refractivity contribution in [3.05, 3.63) is 35.7 Å². The Morgan fingerprint density at radius 2 is 2.02 bits per heavy atom. The van der Waals surface area contributed by atoms with Crippen LogP contribution in [0, 0.1) is 11.3 Å². The van der Waals surface area contributed by atoms with Gasteiger partial charge < -0.3 is 29.1 Å². The number of nitrogens with one attached hydrogen (secondary N) is 2. The lowest BCUT2D eigenvalue weighted by molar-refractivity contribution is 0.0203. The summed E-state index contributed by atoms with van der Waals surface area (Å²) in [5.41, 5.74) is 2.67. The van der Waals surface area contributed by atoms with E-state index in [0.29, 0.717) is 64.8 Å². The van der Waals surface area contributed by atoms with Gasteiger partial charge in [-0.05, 0) is 51.2 Å². The number of halogens is 2. The predicted molar refractivity (Wildman–Crippen MR) is 144 cm³/mol. The number of aromatic amines is 2. The molecule has 0 atom stereocenters. The Balaban J connectivity index is 1.53. The minimum Gasteiger partial charge on any atom is -0.485 e. The number of methoxy groups -OCH3 is 1. The summed E-state index contributed by atoms with van der Waals surface area (Å²) in [6, 6.07) is 5.83. The van der Waals surface area contributed by atoms with E-state index in [9.17, 15) is 18.8 Å². The number of H-pyrrole nitrogens is 2. The SMILES string of the molecule is COc1ncc2c(C#N)c[nH]c2c1-c1nc2c(OCC(F)F)c(C3CCN(C(=O)OC(C)(C)C)CC3)ccc2[nH]1. The van der Waals surface area contributed by atoms with Crippen LogP contribution in [0.1, 0.15) is 50.7 Å². The number of aromatic nitrogens is 4. The zero-order valence-corrected chi connectivity index (χ0v) is 22.7. The van der Waals surface area contributed by atoms with Crippen molar-refractivity contribution in [3.63, 3.8) is 0 Å². The lowest BCUT2D eigenvalue weighted by atomic mass is 9.88. The van der Waals surface area contributed by atoms with Crippen LogP contribution < -0.4 is 9.47 Å². The Bertz CT molecular complexity index is 1590. The smallest absolute Gasteiger partial charge is 0.410 e. The van der Waals surface area contributed by atoms with E-state index in [1.165, 1.54) is 7.11 Å². The molecule has 210 valence electrons. The van der Waals surface area contributed by atoms with E-state index in [2.05, 4.69) is 21.0 Å². The van der Waals surface area contributed by atoms with Gasteiger partial charge in [-0.15, -0.1) is 0 Å². The van der Waals surface area contributed by atoms with Crippen molar-refractivity contribution in [3.8, 4) is 29.1 Å². The van der Waals surface area contributed by atoms with Gasteiger partial charge >= 0.3 is 6.09 Å². The highest BCUT2D eigenvalue weighted by Crippen LogP contribution is 2.41. The van der Waals surface area contributed by atoms with Crippen molar-refractivity contribution in [2.45, 2.75) is 51.6 Å². The number of hydrogen-bond acceptors (Lipinski definition) is 7. The standard InChI is InChI=1S/C28H30F2N6O4/c1-28(2,3)40-27(37)36-9-7-15(8-10-36)17-5-6-19-23(24(17)39-14-20(29)30)35-25(34-19)21-22-18(13-33-26(21)38-4)16(11-31)12-32-22/h5-6,12-13,15,20,32H,7-10,14H2,1-4H3,(H,34,35). The van der Waals surface area contributed by atoms with Crippen LogP contribution in [0.25, 0.3) is 33.3 Å². The first kappa shape index (κ1) is 27.2. The summed E-state index contributed by atoms with van der Waals surface area (Å²) in [5, 5.41) is 10.1. The molecule has 4 heterocycles. The molecule has 0 saturated carbocycles. The second kappa shape index (κ2) is 10.6. The average Bonchev–Trinajstić information content (AvgIpc) is 3.54. The fourth-order valence-corrected chi connectivity index (χ4v) is 5.04. The van der Waals surface area contributed by atoms with Gasteiger partial charge in [0.15, 0.2) is 5.75 Å². The molecule has 1 amide bonds. The van der Waals surface area contributed by atoms with E-state index in [-0.39, 0.29) is 23.6 Å². The maximum Gasteiger partial charge on any atom is 0.410 e. The van der Waals surface area contributed by atoms with Crippen molar-refractivity contribution in [2.75, 3.05) is 26.8 Å². The summed E-state index contributed by atoms with van der Waals surface area (Å²) in [6.45, 7) is 5.62. The number of benzene rings is 1. The van der Waals surface area contributed by atoms with Crippen LogP contribution in [-0.4, -0.2) is 69.8 Å². The number of ether oxygens (including phenoxy) is 3. The van der Waals surface area contributed by atoms with Crippen molar-refractivity contribution in [1.29, 1.82) is 5.26 Å². The van der Waals surface area contributed by atoms with Crippen LogP contribution in [0.15, 0.2) is 24.5 Å². The Morgan fingerprint density at radius 3 is 2.67 bits per heavy atom. The zero-order chi connectivity index (χ0) is 28.6. The van der Waals surface area contributed by atoms with Crippen LogP contribution in [0.2, 0.25) is 0 Å². The first-order chi connectivity index (χ1) is 19.1. The molecular weight excluding hydrogens is 522 g/mol. The fraction of sp³-hybridized carbons (Fsp3) is 0.429. The molecule has 1 fully saturated rings. The van der Waals surface area contributed by atoms with Gasteiger partial charge in [0.05, 0.1) is 23.7 Å². The second-order valence-corrected chi connectivity index (χ2v) is 10.7. The molecule has 1 aliphatic heterocycles. The first-order valence-electron chi connectivity index (χ1n) is 13.0. The van der Waals surface area contributed by atoms with Crippen molar-refractivity contribution in [2.24, 2.45) is 0 Å². The monoisotopic (exact) mass is 552 g/mol. The highest BCUT2D eigenvalue weighted by atomic mass is 19.3. The molecule has 1 aliphatic rings. The molecule has 0 unspecified atom stereocenters. The number of pyridine rings is 1. The van der Waals surface area contributed by atoms with E-state index in [1.54, 1.807) is 17.3 Å². The number of carbonyl (C=O) groups is 1. The third-order valence-electron chi connectivity index (χ3n) is 6.82. The van der Waals surface area contributed by atoms with Crippen molar-refractivity contribution < 1.29 is 27.8 Å². The third kappa shape index (κ3) is 5.23. The van der Waals surface area contributed by atoms with Crippen LogP contribution in [0.5, 0.6) is 11.6 Å². The molecule has 5 rings (SSSR count). The van der Waals surface area contributed by atoms with Crippen LogP contribution in [0.4, 0.5) is 13.6 Å². The number of likely N-dealkylation sites (tertiary alicyclic amines) is 1. The van der Waals surface area contributed by atoms with Crippen LogP contribution in [0.3, 0.4) is 0 Å². The van der Waals surface area contributed by atoms with Gasteiger partial charge in [0.1, 0.15) is 35.2 Å². The van der Waals surface area contributed by atoms with Crippen molar-refractivity contribution >= 4 is 28.0 Å². The van der Waals surface area contributed by atoms with E-state index in [4.69, 9.17) is 19.2 Å². The van der Waals surface area contributed by atoms with E-state index in [1.807, 2.05) is 32.9 Å². The van der Waals surface area contributed by atoms with E-state index < -0.39 is 18.6 Å². The molecule has 40 heavy (non-hydrogen) atoms. The maximum absolute atomic E-state index is 13.3. The van der Waals surface area contributed by atoms with Gasteiger partial charge in [-0.1, -0.05) is 6.07 Å². The summed E-state index contributed by atoms with van der Waals surface area (Å²) in [6.07, 6.45) is 1.32. The van der Waals surface area contributed by atoms with Gasteiger partial charge in [0.2, 0.25) is 5.88 Å². The van der Waals surface area contributed by atoms with Gasteiger partial charge in [-0.2, -0.15) is 5.26 Å². The molecular formula is C28H30F2N6O4. The Morgan fingerprint density at radius 1 is 1.27 bits per heavy atom. The highest BCUT2D eigenvalue weighted by molar-refractivity contribution is 5.99. The molecule has 0 aliphatic carbocycles. The van der Waals surface area contributed by atoms with Gasteiger partial charge in [0.25, 0.3) is 6.43 Å². The van der Waals surface area contributed by atoms with E-state index in [0.717, 1.165) is 5.56 Å². The molecule has 3 aromatic heterocycles. The topological polar surface area (TPSA) is 129 Å². The molecule has 2 N–H and O–H groups in total. The van der Waals surface area contributed by atoms with Crippen molar-refractivity contribution in [1.82, 2.24) is 24.8 Å². The molecule has 1 aromatic carbocycles. The number of carbonyl (C=O) groups excluding carboxylic acids is 1. The lowest BCUT2D eigenvalue weighted by Gasteiger charge is -2.34. The fourth-order valence-electron chi connectivity index (χ4n) is 5.04. The molecule has 12 heteroatoms. The third-order valence-corrected chi connectivity index (χ3v) is 6.82. The molecule has 0 bridgehead atoms. The quantitative estimate of drug-likeness (QED) is 0.312. The Labute approximate surface area is 229 Å². The molecule has 0 spiro atoms. The number of fused-ring (bicyclic) bond motifs is 2. The summed E-state index contributed by atoms with van der Waals surface area (Å²) >= 11 is 0. The molecule has 0 radical (unpaired) electrons. The number of nitriles is 1. The lowest BCUT2D eigenvalue weighted by Crippen LogP contribution is -2.41. The minimum absolute atomic E-state index is 0.0304. The van der Waals surface area contributed by atoms with Gasteiger partial charge in [-0.3, -0.25) is 0 Å². The van der Waals surface area contributed by atoms with E-state index >= 15 is 0 Å². The summed E-state index contributed by atoms with van der Waals surface area (Å²) in [4.78, 5) is 29.6. The average molecular weight is 553 g/mol. The normalized spacial score (nSPS) is 14.6. The Kier molecular flexibility index (Phi) is 7.23. The summed E-state index contributed by atoms with van der Waals surface area (Å²) in [7, 11) is 1.48. The summed E-state index contributed by atoms with van der Waals surface area (Å²) < 4.78 is 43.2. The van der Waals surface area contributed by atoms with Crippen LogP contribution in [-0.2, 0) is 4.74 Å². The maximum atomic E-state index is 13.3. The van der Waals surface area contributed by atoms with Gasteiger partial charge in [-0.25, -0.2) is 23.5 Å². The molecule has 1 saturated heterocycles. The highest BCUT2D eigenvalue weighted by Gasteiger charge is 2.30. The minimum atomic E-state index is -2.67. The molecule has 10 nitrogen and oxygen atoms in total. The van der Waals surface area contributed by atoms with Crippen LogP contribution >= 0.6 is 0 Å². The number of hydrogen-bond donors (Lipinski definition) is 2. The predicted octanol–water partition coefficient (Wildman–Crippen LogP) is 5.74. The van der Waals surface area contributed by atoms with Gasteiger partial charge in [0, 0.05) is 30.9 Å². The summed E-state index contributed by atoms with van der Waals surface area (Å²) in [5.74, 6) is 0.911. The number of rotatable bonds is 6. The number of piperidine rings is 1. The first-order valence-corrected chi connectivity index (χ1v) is 13.0. The zero-order valence-electron chi connectivity index (χ0n) is 22.7. The molecule has 4 aromatic rings. The number of alkyl halides is 2. The number of amides is 1. The second-order valence-electron chi connectivity index (χ2n) is 10.7. The number of imidazole rings is 1. The largest absolute Gasteiger partial charge is 0.485 e. The Hall–Kier alpha value is -4.40.